The fraction of sp³-hybridized carbons (Fsp3) is 0.667. The molecule has 3 rings (SSSR count). The van der Waals surface area contributed by atoms with Gasteiger partial charge in [-0.3, -0.25) is 19.7 Å². The average molecular weight is 514 g/mol. The van der Waals surface area contributed by atoms with Crippen molar-refractivity contribution in [2.45, 2.75) is 39.2 Å². The molecule has 29 heavy (non-hydrogen) atoms. The third-order valence-electron chi connectivity index (χ3n) is 5.96. The van der Waals surface area contributed by atoms with E-state index in [0.717, 1.165) is 71.0 Å². The van der Waals surface area contributed by atoms with Crippen molar-refractivity contribution < 1.29 is 4.79 Å². The van der Waals surface area contributed by atoms with Gasteiger partial charge in [-0.1, -0.05) is 0 Å². The summed E-state index contributed by atoms with van der Waals surface area (Å²) in [6.07, 6.45) is 7.00. The minimum Gasteiger partial charge on any atom is -0.356 e. The van der Waals surface area contributed by atoms with Gasteiger partial charge in [-0.15, -0.1) is 24.0 Å². The van der Waals surface area contributed by atoms with Crippen LogP contribution in [0.5, 0.6) is 0 Å². The van der Waals surface area contributed by atoms with Gasteiger partial charge in [-0.25, -0.2) is 0 Å². The molecule has 1 aromatic heterocycles. The zero-order valence-corrected chi connectivity index (χ0v) is 20.3. The molecule has 1 aromatic rings. The van der Waals surface area contributed by atoms with Crippen LogP contribution in [-0.4, -0.2) is 90.5 Å². The van der Waals surface area contributed by atoms with Gasteiger partial charge in [0.05, 0.1) is 6.04 Å². The molecule has 1 amide bonds. The molecule has 2 fully saturated rings. The van der Waals surface area contributed by atoms with Crippen molar-refractivity contribution in [1.29, 1.82) is 0 Å². The number of nitrogens with zero attached hydrogens (tertiary/aromatic N) is 5. The maximum atomic E-state index is 12.6. The van der Waals surface area contributed by atoms with Crippen LogP contribution in [0.25, 0.3) is 0 Å². The molecule has 0 aromatic carbocycles. The molecule has 0 aliphatic carbocycles. The van der Waals surface area contributed by atoms with Gasteiger partial charge in [0.1, 0.15) is 0 Å². The van der Waals surface area contributed by atoms with E-state index in [4.69, 9.17) is 0 Å². The standard InChI is InChI=1S/C21H34N6O.HI/c1-17-16-23-8-6-19(17)7-9-24-21(22-3)27-14-12-25(13-15-27)18(2)20(28)26-10-4-5-11-26;/h6,8,16,18H,4-5,7,9-15H2,1-3H3,(H,22,24);1H. The summed E-state index contributed by atoms with van der Waals surface area (Å²) in [5.74, 6) is 1.24. The van der Waals surface area contributed by atoms with Crippen LogP contribution in [0, 0.1) is 6.92 Å². The summed E-state index contributed by atoms with van der Waals surface area (Å²) in [5.41, 5.74) is 2.54. The number of rotatable bonds is 5. The maximum Gasteiger partial charge on any atom is 0.239 e. The summed E-state index contributed by atoms with van der Waals surface area (Å²) in [4.78, 5) is 27.9. The van der Waals surface area contributed by atoms with Gasteiger partial charge in [-0.05, 0) is 50.3 Å². The van der Waals surface area contributed by atoms with Gasteiger partial charge in [-0.2, -0.15) is 0 Å². The summed E-state index contributed by atoms with van der Waals surface area (Å²) in [6.45, 7) is 10.4. The lowest BCUT2D eigenvalue weighted by molar-refractivity contribution is -0.135. The number of nitrogens with one attached hydrogen (secondary N) is 1. The largest absolute Gasteiger partial charge is 0.356 e. The molecule has 1 N–H and O–H groups in total. The van der Waals surface area contributed by atoms with E-state index in [-0.39, 0.29) is 30.0 Å². The molecule has 0 saturated carbocycles. The van der Waals surface area contributed by atoms with Crippen molar-refractivity contribution in [3.63, 3.8) is 0 Å². The zero-order valence-electron chi connectivity index (χ0n) is 17.9. The van der Waals surface area contributed by atoms with Crippen LogP contribution < -0.4 is 5.32 Å². The number of aryl methyl sites for hydroxylation is 1. The summed E-state index contributed by atoms with van der Waals surface area (Å²) in [6, 6.07) is 2.06. The highest BCUT2D eigenvalue weighted by atomic mass is 127. The molecule has 8 heteroatoms. The number of pyridine rings is 1. The minimum absolute atomic E-state index is 0. The second-order valence-corrected chi connectivity index (χ2v) is 7.76. The van der Waals surface area contributed by atoms with Crippen molar-refractivity contribution in [2.24, 2.45) is 4.99 Å². The molecule has 0 bridgehead atoms. The number of carbonyl (C=O) groups excluding carboxylic acids is 1. The predicted molar refractivity (Wildman–Crippen MR) is 128 cm³/mol. The topological polar surface area (TPSA) is 64.1 Å². The van der Waals surface area contributed by atoms with E-state index in [1.54, 1.807) is 0 Å². The number of aromatic nitrogens is 1. The molecule has 1 atom stereocenters. The highest BCUT2D eigenvalue weighted by Gasteiger charge is 2.30. The van der Waals surface area contributed by atoms with Crippen molar-refractivity contribution in [1.82, 2.24) is 25.0 Å². The monoisotopic (exact) mass is 514 g/mol. The SMILES string of the molecule is CN=C(NCCc1ccncc1C)N1CCN(C(C)C(=O)N2CCCC2)CC1.I. The van der Waals surface area contributed by atoms with Crippen LogP contribution in [0.1, 0.15) is 30.9 Å². The third-order valence-corrected chi connectivity index (χ3v) is 5.96. The highest BCUT2D eigenvalue weighted by molar-refractivity contribution is 14.0. The first-order valence-corrected chi connectivity index (χ1v) is 10.5. The molecule has 7 nitrogen and oxygen atoms in total. The summed E-state index contributed by atoms with van der Waals surface area (Å²) in [5, 5.41) is 3.49. The minimum atomic E-state index is -0.0233. The van der Waals surface area contributed by atoms with Crippen LogP contribution in [0.4, 0.5) is 0 Å². The van der Waals surface area contributed by atoms with E-state index < -0.39 is 0 Å². The van der Waals surface area contributed by atoms with Gasteiger partial charge >= 0.3 is 0 Å². The maximum absolute atomic E-state index is 12.6. The molecule has 2 aliphatic rings. The Labute approximate surface area is 192 Å². The van der Waals surface area contributed by atoms with E-state index in [9.17, 15) is 4.79 Å². The van der Waals surface area contributed by atoms with Gasteiger partial charge < -0.3 is 15.1 Å². The number of hydrogen-bond acceptors (Lipinski definition) is 4. The van der Waals surface area contributed by atoms with Crippen molar-refractivity contribution in [3.05, 3.63) is 29.6 Å². The number of piperazine rings is 1. The molecule has 0 spiro atoms. The Kier molecular flexibility index (Phi) is 9.61. The lowest BCUT2D eigenvalue weighted by Gasteiger charge is -2.39. The molecular formula is C21H35IN6O. The molecular weight excluding hydrogens is 479 g/mol. The van der Waals surface area contributed by atoms with Crippen LogP contribution in [0.2, 0.25) is 0 Å². The Morgan fingerprint density at radius 3 is 2.48 bits per heavy atom. The first-order valence-electron chi connectivity index (χ1n) is 10.5. The van der Waals surface area contributed by atoms with Crippen molar-refractivity contribution >= 4 is 35.8 Å². The first kappa shape index (κ1) is 23.9. The van der Waals surface area contributed by atoms with E-state index in [1.807, 2.05) is 24.3 Å². The second kappa shape index (κ2) is 11.7. The first-order chi connectivity index (χ1) is 13.6. The lowest BCUT2D eigenvalue weighted by Crippen LogP contribution is -2.57. The zero-order chi connectivity index (χ0) is 19.9. The second-order valence-electron chi connectivity index (χ2n) is 7.76. The van der Waals surface area contributed by atoms with Gasteiger partial charge in [0.25, 0.3) is 0 Å². The summed E-state index contributed by atoms with van der Waals surface area (Å²) >= 11 is 0. The molecule has 0 radical (unpaired) electrons. The highest BCUT2D eigenvalue weighted by Crippen LogP contribution is 2.14. The molecule has 162 valence electrons. The summed E-state index contributed by atoms with van der Waals surface area (Å²) in [7, 11) is 1.84. The number of carbonyl (C=O) groups is 1. The smallest absolute Gasteiger partial charge is 0.239 e. The Morgan fingerprint density at radius 1 is 1.17 bits per heavy atom. The summed E-state index contributed by atoms with van der Waals surface area (Å²) < 4.78 is 0. The van der Waals surface area contributed by atoms with E-state index in [1.165, 1.54) is 11.1 Å². The number of guanidine groups is 1. The van der Waals surface area contributed by atoms with Crippen LogP contribution in [0.15, 0.2) is 23.5 Å². The Bertz CT molecular complexity index is 684. The van der Waals surface area contributed by atoms with E-state index >= 15 is 0 Å². The lowest BCUT2D eigenvalue weighted by atomic mass is 10.1. The fourth-order valence-electron chi connectivity index (χ4n) is 4.10. The Morgan fingerprint density at radius 2 is 1.86 bits per heavy atom. The van der Waals surface area contributed by atoms with Gasteiger partial charge in [0.15, 0.2) is 5.96 Å². The van der Waals surface area contributed by atoms with Gasteiger partial charge in [0.2, 0.25) is 5.91 Å². The predicted octanol–water partition coefficient (Wildman–Crippen LogP) is 1.75. The van der Waals surface area contributed by atoms with Crippen LogP contribution in [0.3, 0.4) is 0 Å². The van der Waals surface area contributed by atoms with E-state index in [2.05, 4.69) is 45.0 Å². The third kappa shape index (κ3) is 6.28. The molecule has 1 unspecified atom stereocenters. The van der Waals surface area contributed by atoms with Crippen LogP contribution >= 0.6 is 24.0 Å². The van der Waals surface area contributed by atoms with Crippen molar-refractivity contribution in [2.75, 3.05) is 52.9 Å². The number of aliphatic imine (C=N–C) groups is 1. The molecule has 2 aliphatic heterocycles. The van der Waals surface area contributed by atoms with E-state index in [0.29, 0.717) is 5.91 Å². The number of likely N-dealkylation sites (tertiary alicyclic amines) is 1. The number of hydrogen-bond donors (Lipinski definition) is 1. The molecule has 2 saturated heterocycles. The number of halogens is 1. The Balaban J connectivity index is 0.00000300. The quantitative estimate of drug-likeness (QED) is 0.369. The number of amides is 1. The van der Waals surface area contributed by atoms with Gasteiger partial charge in [0, 0.05) is 65.3 Å². The van der Waals surface area contributed by atoms with Crippen molar-refractivity contribution in [3.8, 4) is 0 Å². The molecule has 3 heterocycles. The fourth-order valence-corrected chi connectivity index (χ4v) is 4.10. The Hall–Kier alpha value is -1.42. The normalized spacial score (nSPS) is 19.1. The average Bonchev–Trinajstić information content (AvgIpc) is 3.26. The van der Waals surface area contributed by atoms with Crippen LogP contribution in [-0.2, 0) is 11.2 Å².